The van der Waals surface area contributed by atoms with E-state index in [9.17, 15) is 4.79 Å². The summed E-state index contributed by atoms with van der Waals surface area (Å²) in [7, 11) is 0. The number of halogens is 1. The van der Waals surface area contributed by atoms with Gasteiger partial charge in [-0.05, 0) is 12.8 Å². The molecule has 4 nitrogen and oxygen atoms in total. The van der Waals surface area contributed by atoms with E-state index in [1.165, 1.54) is 0 Å². The smallest absolute Gasteiger partial charge is 0.349 e. The second kappa shape index (κ2) is 6.21. The normalized spacial score (nSPS) is 12.5. The molecule has 96 valence electrons. The maximum absolute atomic E-state index is 10.9. The average molecular weight is 277 g/mol. The quantitative estimate of drug-likeness (QED) is 0.865. The predicted octanol–water partition coefficient (Wildman–Crippen LogP) is 3.37. The molecule has 1 rings (SSSR count). The minimum atomic E-state index is -1.02. The first kappa shape index (κ1) is 14.3. The summed E-state index contributed by atoms with van der Waals surface area (Å²) in [5, 5.41) is 9.70. The Bertz CT molecular complexity index is 395. The van der Waals surface area contributed by atoms with Gasteiger partial charge >= 0.3 is 5.97 Å². The molecule has 1 unspecified atom stereocenters. The molecule has 1 heterocycles. The van der Waals surface area contributed by atoms with Gasteiger partial charge < -0.3 is 10.0 Å². The van der Waals surface area contributed by atoms with Gasteiger partial charge in [0.2, 0.25) is 0 Å². The van der Waals surface area contributed by atoms with Crippen molar-refractivity contribution in [3.05, 3.63) is 10.0 Å². The van der Waals surface area contributed by atoms with Crippen molar-refractivity contribution in [2.75, 3.05) is 18.0 Å². The third-order valence-corrected chi connectivity index (χ3v) is 4.14. The molecule has 1 atom stereocenters. The van der Waals surface area contributed by atoms with Crippen LogP contribution in [-0.4, -0.2) is 29.1 Å². The first-order chi connectivity index (χ1) is 7.99. The summed E-state index contributed by atoms with van der Waals surface area (Å²) in [4.78, 5) is 17.2. The van der Waals surface area contributed by atoms with Crippen LogP contribution < -0.4 is 4.90 Å². The van der Waals surface area contributed by atoms with Crippen LogP contribution in [0.4, 0.5) is 5.13 Å². The van der Waals surface area contributed by atoms with Gasteiger partial charge in [-0.1, -0.05) is 43.2 Å². The van der Waals surface area contributed by atoms with Crippen molar-refractivity contribution in [3.8, 4) is 0 Å². The zero-order chi connectivity index (χ0) is 13.0. The molecule has 0 aromatic carbocycles. The molecule has 6 heteroatoms. The zero-order valence-electron chi connectivity index (χ0n) is 10.2. The van der Waals surface area contributed by atoms with Crippen molar-refractivity contribution in [2.24, 2.45) is 5.92 Å². The summed E-state index contributed by atoms with van der Waals surface area (Å²) in [6.07, 6.45) is 1.08. The number of hydrogen-bond acceptors (Lipinski definition) is 4. The van der Waals surface area contributed by atoms with E-state index in [0.717, 1.165) is 30.8 Å². The Morgan fingerprint density at radius 2 is 2.24 bits per heavy atom. The van der Waals surface area contributed by atoms with Gasteiger partial charge in [-0.25, -0.2) is 9.78 Å². The number of anilines is 1. The highest BCUT2D eigenvalue weighted by Gasteiger charge is 2.19. The SMILES string of the molecule is CCC(C)CN(CC)c1nc(Cl)c(C(=O)O)s1. The number of carbonyl (C=O) groups is 1. The lowest BCUT2D eigenvalue weighted by Gasteiger charge is -2.22. The number of carboxylic acid groups (broad SMARTS) is 1. The molecule has 1 N–H and O–H groups in total. The molecule has 0 aliphatic heterocycles. The lowest BCUT2D eigenvalue weighted by atomic mass is 10.1. The first-order valence-corrected chi connectivity index (χ1v) is 6.83. The van der Waals surface area contributed by atoms with E-state index in [1.807, 2.05) is 6.92 Å². The van der Waals surface area contributed by atoms with Gasteiger partial charge in [0.15, 0.2) is 15.2 Å². The van der Waals surface area contributed by atoms with Crippen LogP contribution in [0.3, 0.4) is 0 Å². The molecule has 17 heavy (non-hydrogen) atoms. The van der Waals surface area contributed by atoms with Crippen molar-refractivity contribution in [1.82, 2.24) is 4.98 Å². The van der Waals surface area contributed by atoms with Crippen molar-refractivity contribution in [3.63, 3.8) is 0 Å². The second-order valence-corrected chi connectivity index (χ2v) is 5.31. The van der Waals surface area contributed by atoms with Gasteiger partial charge in [-0.3, -0.25) is 0 Å². The summed E-state index contributed by atoms with van der Waals surface area (Å²) in [5.41, 5.74) is 0. The number of thiazole rings is 1. The predicted molar refractivity (Wildman–Crippen MR) is 71.4 cm³/mol. The first-order valence-electron chi connectivity index (χ1n) is 5.64. The molecule has 0 radical (unpaired) electrons. The number of carboxylic acids is 1. The van der Waals surface area contributed by atoms with Crippen molar-refractivity contribution >= 4 is 34.0 Å². The van der Waals surface area contributed by atoms with E-state index in [-0.39, 0.29) is 10.0 Å². The van der Waals surface area contributed by atoms with Gasteiger partial charge in [0.1, 0.15) is 0 Å². The zero-order valence-corrected chi connectivity index (χ0v) is 11.8. The maximum atomic E-state index is 10.9. The van der Waals surface area contributed by atoms with Crippen LogP contribution >= 0.6 is 22.9 Å². The monoisotopic (exact) mass is 276 g/mol. The number of aromatic carboxylic acids is 1. The second-order valence-electron chi connectivity index (χ2n) is 3.97. The minimum absolute atomic E-state index is 0.0834. The molecular weight excluding hydrogens is 260 g/mol. The minimum Gasteiger partial charge on any atom is -0.477 e. The van der Waals surface area contributed by atoms with Crippen molar-refractivity contribution in [2.45, 2.75) is 27.2 Å². The summed E-state index contributed by atoms with van der Waals surface area (Å²) >= 11 is 6.94. The Balaban J connectivity index is 2.89. The van der Waals surface area contributed by atoms with Gasteiger partial charge in [0, 0.05) is 13.1 Å². The van der Waals surface area contributed by atoms with Crippen molar-refractivity contribution in [1.29, 1.82) is 0 Å². The summed E-state index contributed by atoms with van der Waals surface area (Å²) < 4.78 is 0. The standard InChI is InChI=1S/C11H17ClN2O2S/c1-4-7(3)6-14(5-2)11-13-9(12)8(17-11)10(15)16/h7H,4-6H2,1-3H3,(H,15,16). The Kier molecular flexibility index (Phi) is 5.21. The van der Waals surface area contributed by atoms with Crippen LogP contribution in [0.2, 0.25) is 5.15 Å². The van der Waals surface area contributed by atoms with E-state index in [4.69, 9.17) is 16.7 Å². The van der Waals surface area contributed by atoms with E-state index in [2.05, 4.69) is 23.7 Å². The van der Waals surface area contributed by atoms with Gasteiger partial charge in [0.25, 0.3) is 0 Å². The number of hydrogen-bond donors (Lipinski definition) is 1. The Morgan fingerprint density at radius 3 is 2.65 bits per heavy atom. The lowest BCUT2D eigenvalue weighted by Crippen LogP contribution is -2.27. The fourth-order valence-corrected chi connectivity index (χ4v) is 2.60. The third kappa shape index (κ3) is 3.57. The van der Waals surface area contributed by atoms with Crippen molar-refractivity contribution < 1.29 is 9.90 Å². The molecule has 0 saturated heterocycles. The van der Waals surface area contributed by atoms with Crippen LogP contribution in [0.1, 0.15) is 36.9 Å². The molecule has 0 saturated carbocycles. The van der Waals surface area contributed by atoms with Crippen LogP contribution in [0.25, 0.3) is 0 Å². The molecule has 1 aromatic heterocycles. The highest BCUT2D eigenvalue weighted by molar-refractivity contribution is 7.18. The Hall–Kier alpha value is -0.810. The highest BCUT2D eigenvalue weighted by Crippen LogP contribution is 2.30. The Morgan fingerprint density at radius 1 is 1.59 bits per heavy atom. The fourth-order valence-electron chi connectivity index (χ4n) is 1.41. The highest BCUT2D eigenvalue weighted by atomic mass is 35.5. The molecule has 0 fully saturated rings. The van der Waals surface area contributed by atoms with Crippen LogP contribution in [-0.2, 0) is 0 Å². The topological polar surface area (TPSA) is 53.4 Å². The van der Waals surface area contributed by atoms with E-state index in [1.54, 1.807) is 0 Å². The summed E-state index contributed by atoms with van der Waals surface area (Å²) in [5.74, 6) is -0.468. The number of nitrogens with zero attached hydrogens (tertiary/aromatic N) is 2. The molecule has 0 spiro atoms. The van der Waals surface area contributed by atoms with E-state index >= 15 is 0 Å². The van der Waals surface area contributed by atoms with Gasteiger partial charge in [-0.15, -0.1) is 0 Å². The van der Waals surface area contributed by atoms with Gasteiger partial charge in [0.05, 0.1) is 0 Å². The lowest BCUT2D eigenvalue weighted by molar-refractivity contribution is 0.0702. The molecule has 1 aromatic rings. The maximum Gasteiger partial charge on any atom is 0.349 e. The van der Waals surface area contributed by atoms with Crippen LogP contribution in [0.5, 0.6) is 0 Å². The van der Waals surface area contributed by atoms with E-state index < -0.39 is 5.97 Å². The molecule has 0 amide bonds. The molecule has 0 bridgehead atoms. The average Bonchev–Trinajstić information content (AvgIpc) is 2.67. The molecular formula is C11H17ClN2O2S. The van der Waals surface area contributed by atoms with Crippen LogP contribution in [0.15, 0.2) is 0 Å². The molecule has 0 aliphatic carbocycles. The fraction of sp³-hybridized carbons (Fsp3) is 0.636. The number of aromatic nitrogens is 1. The number of rotatable bonds is 6. The summed E-state index contributed by atoms with van der Waals surface area (Å²) in [6, 6.07) is 0. The molecule has 0 aliphatic rings. The van der Waals surface area contributed by atoms with Gasteiger partial charge in [-0.2, -0.15) is 0 Å². The van der Waals surface area contributed by atoms with E-state index in [0.29, 0.717) is 11.0 Å². The summed E-state index contributed by atoms with van der Waals surface area (Å²) in [6.45, 7) is 7.99. The Labute approximate surface area is 110 Å². The largest absolute Gasteiger partial charge is 0.477 e. The van der Waals surface area contributed by atoms with Crippen LogP contribution in [0, 0.1) is 5.92 Å². The third-order valence-electron chi connectivity index (χ3n) is 2.65.